The summed E-state index contributed by atoms with van der Waals surface area (Å²) in [6, 6.07) is 0.350. The molecule has 2 atom stereocenters. The third-order valence-corrected chi connectivity index (χ3v) is 3.46. The zero-order valence-corrected chi connectivity index (χ0v) is 11.9. The molecule has 1 saturated heterocycles. The van der Waals surface area contributed by atoms with Gasteiger partial charge in [-0.3, -0.25) is 0 Å². The number of nitrogens with zero attached hydrogens (tertiary/aromatic N) is 2. The van der Waals surface area contributed by atoms with Crippen LogP contribution in [0.2, 0.25) is 0 Å². The van der Waals surface area contributed by atoms with E-state index in [1.165, 1.54) is 6.42 Å². The second-order valence-electron chi connectivity index (χ2n) is 5.68. The average Bonchev–Trinajstić information content (AvgIpc) is 2.94. The molecule has 0 radical (unpaired) electrons. The van der Waals surface area contributed by atoms with Gasteiger partial charge in [-0.2, -0.15) is 0 Å². The minimum Gasteiger partial charge on any atom is -0.376 e. The fourth-order valence-electron chi connectivity index (χ4n) is 2.41. The molecule has 2 rings (SSSR count). The molecule has 1 N–H and O–H groups in total. The Morgan fingerprint density at radius 2 is 2.28 bits per heavy atom. The van der Waals surface area contributed by atoms with Crippen LogP contribution >= 0.6 is 0 Å². The lowest BCUT2D eigenvalue weighted by Gasteiger charge is -2.22. The van der Waals surface area contributed by atoms with Gasteiger partial charge < -0.3 is 14.6 Å². The van der Waals surface area contributed by atoms with E-state index in [1.807, 2.05) is 6.92 Å². The van der Waals surface area contributed by atoms with Crippen LogP contribution in [0.25, 0.3) is 0 Å². The van der Waals surface area contributed by atoms with Gasteiger partial charge in [0.15, 0.2) is 0 Å². The van der Waals surface area contributed by atoms with Gasteiger partial charge in [0.1, 0.15) is 0 Å². The van der Waals surface area contributed by atoms with Crippen LogP contribution in [0.3, 0.4) is 0 Å². The van der Waals surface area contributed by atoms with Crippen molar-refractivity contribution in [3.63, 3.8) is 0 Å². The molecular weight excluding hydrogens is 226 g/mol. The van der Waals surface area contributed by atoms with E-state index in [9.17, 15) is 0 Å². The molecule has 0 spiro atoms. The van der Waals surface area contributed by atoms with Crippen molar-refractivity contribution in [2.75, 3.05) is 18.5 Å². The highest BCUT2D eigenvalue weighted by molar-refractivity contribution is 5.29. The number of nitrogens with one attached hydrogen (secondary N) is 1. The molecule has 2 unspecified atom stereocenters. The highest BCUT2D eigenvalue weighted by Gasteiger charge is 2.25. The van der Waals surface area contributed by atoms with Gasteiger partial charge in [-0.1, -0.05) is 13.8 Å². The lowest BCUT2D eigenvalue weighted by molar-refractivity contribution is 0.0738. The molecule has 0 bridgehead atoms. The molecular formula is C14H25N3O. The van der Waals surface area contributed by atoms with Gasteiger partial charge in [0.05, 0.1) is 17.8 Å². The Balaban J connectivity index is 2.10. The third kappa shape index (κ3) is 3.05. The quantitative estimate of drug-likeness (QED) is 0.874. The maximum Gasteiger partial charge on any atom is 0.203 e. The van der Waals surface area contributed by atoms with Crippen molar-refractivity contribution in [1.82, 2.24) is 9.55 Å². The average molecular weight is 251 g/mol. The number of ether oxygens (including phenoxy) is 1. The first kappa shape index (κ1) is 13.4. The van der Waals surface area contributed by atoms with E-state index in [2.05, 4.69) is 41.8 Å². The normalized spacial score (nSPS) is 21.5. The molecule has 1 aromatic rings. The minimum atomic E-state index is 0.332. The summed E-state index contributed by atoms with van der Waals surface area (Å²) in [6.45, 7) is 10.5. The maximum atomic E-state index is 5.78. The van der Waals surface area contributed by atoms with E-state index < -0.39 is 0 Å². The van der Waals surface area contributed by atoms with Gasteiger partial charge in [-0.25, -0.2) is 4.98 Å². The fourth-order valence-corrected chi connectivity index (χ4v) is 2.41. The van der Waals surface area contributed by atoms with E-state index in [4.69, 9.17) is 4.74 Å². The second kappa shape index (κ2) is 5.74. The molecule has 0 aliphatic carbocycles. The van der Waals surface area contributed by atoms with Crippen LogP contribution in [0.1, 0.15) is 45.3 Å². The minimum absolute atomic E-state index is 0.332. The molecule has 0 aromatic carbocycles. The molecule has 102 valence electrons. The monoisotopic (exact) mass is 251 g/mol. The number of aromatic nitrogens is 2. The van der Waals surface area contributed by atoms with Crippen molar-refractivity contribution >= 4 is 5.95 Å². The predicted octanol–water partition coefficient (Wildman–Crippen LogP) is 3.00. The molecule has 4 nitrogen and oxygen atoms in total. The molecule has 18 heavy (non-hydrogen) atoms. The molecule has 1 aliphatic heterocycles. The maximum absolute atomic E-state index is 5.78. The van der Waals surface area contributed by atoms with Crippen LogP contribution in [0.15, 0.2) is 6.20 Å². The van der Waals surface area contributed by atoms with Crippen LogP contribution in [0, 0.1) is 12.8 Å². The number of anilines is 1. The third-order valence-electron chi connectivity index (χ3n) is 3.46. The molecule has 0 saturated carbocycles. The lowest BCUT2D eigenvalue weighted by Crippen LogP contribution is -2.23. The molecule has 1 aromatic heterocycles. The van der Waals surface area contributed by atoms with Gasteiger partial charge >= 0.3 is 0 Å². The van der Waals surface area contributed by atoms with Crippen LogP contribution in [0.5, 0.6) is 0 Å². The summed E-state index contributed by atoms with van der Waals surface area (Å²) in [5, 5.41) is 3.43. The molecule has 1 fully saturated rings. The summed E-state index contributed by atoms with van der Waals surface area (Å²) in [5.41, 5.74) is 1.06. The second-order valence-corrected chi connectivity index (χ2v) is 5.68. The van der Waals surface area contributed by atoms with Gasteiger partial charge in [0.25, 0.3) is 0 Å². The fraction of sp³-hybridized carbons (Fsp3) is 0.786. The van der Waals surface area contributed by atoms with Crippen LogP contribution in [-0.4, -0.2) is 28.8 Å². The highest BCUT2D eigenvalue weighted by Crippen LogP contribution is 2.27. The van der Waals surface area contributed by atoms with E-state index in [-0.39, 0.29) is 0 Å². The van der Waals surface area contributed by atoms with Crippen molar-refractivity contribution < 1.29 is 4.74 Å². The summed E-state index contributed by atoms with van der Waals surface area (Å²) < 4.78 is 8.01. The number of rotatable bonds is 5. The lowest BCUT2D eigenvalue weighted by atomic mass is 10.1. The summed E-state index contributed by atoms with van der Waals surface area (Å²) in [7, 11) is 0. The topological polar surface area (TPSA) is 39.1 Å². The molecule has 4 heteroatoms. The largest absolute Gasteiger partial charge is 0.376 e. The van der Waals surface area contributed by atoms with Crippen molar-refractivity contribution in [2.24, 2.45) is 5.92 Å². The van der Waals surface area contributed by atoms with E-state index in [0.29, 0.717) is 18.1 Å². The number of imidazole rings is 1. The first-order valence-electron chi connectivity index (χ1n) is 6.99. The summed E-state index contributed by atoms with van der Waals surface area (Å²) in [6.07, 6.45) is 4.78. The number of hydrogen-bond acceptors (Lipinski definition) is 3. The summed E-state index contributed by atoms with van der Waals surface area (Å²) in [5.74, 6) is 1.60. The first-order valence-corrected chi connectivity index (χ1v) is 6.99. The Kier molecular flexibility index (Phi) is 4.27. The van der Waals surface area contributed by atoms with E-state index in [1.54, 1.807) is 0 Å². The first-order chi connectivity index (χ1) is 8.58. The zero-order valence-electron chi connectivity index (χ0n) is 11.9. The number of hydrogen-bond donors (Lipinski definition) is 1. The van der Waals surface area contributed by atoms with Crippen LogP contribution in [-0.2, 0) is 4.74 Å². The molecule has 0 amide bonds. The van der Waals surface area contributed by atoms with Gasteiger partial charge in [-0.05, 0) is 32.6 Å². The van der Waals surface area contributed by atoms with Gasteiger partial charge in [0.2, 0.25) is 5.95 Å². The number of aryl methyl sites for hydroxylation is 1. The predicted molar refractivity (Wildman–Crippen MR) is 74.0 cm³/mol. The molecule has 1 aliphatic rings. The van der Waals surface area contributed by atoms with Crippen molar-refractivity contribution in [3.8, 4) is 0 Å². The van der Waals surface area contributed by atoms with Gasteiger partial charge in [0, 0.05) is 19.3 Å². The summed E-state index contributed by atoms with van der Waals surface area (Å²) in [4.78, 5) is 4.57. The Bertz CT molecular complexity index is 380. The van der Waals surface area contributed by atoms with Crippen LogP contribution < -0.4 is 5.32 Å². The summed E-state index contributed by atoms with van der Waals surface area (Å²) >= 11 is 0. The highest BCUT2D eigenvalue weighted by atomic mass is 16.5. The Hall–Kier alpha value is -1.03. The van der Waals surface area contributed by atoms with Crippen molar-refractivity contribution in [1.29, 1.82) is 0 Å². The Morgan fingerprint density at radius 1 is 1.50 bits per heavy atom. The van der Waals surface area contributed by atoms with Crippen molar-refractivity contribution in [3.05, 3.63) is 11.9 Å². The smallest absolute Gasteiger partial charge is 0.203 e. The molecule has 2 heterocycles. The van der Waals surface area contributed by atoms with Gasteiger partial charge in [-0.15, -0.1) is 0 Å². The Labute approximate surface area is 110 Å². The van der Waals surface area contributed by atoms with E-state index >= 15 is 0 Å². The van der Waals surface area contributed by atoms with Crippen LogP contribution in [0.4, 0.5) is 5.95 Å². The zero-order chi connectivity index (χ0) is 13.1. The standard InChI is InChI=1S/C14H25N3O/c1-10(2)8-15-14-16-11(3)9-17(14)12(4)13-6-5-7-18-13/h9-10,12-13H,5-8H2,1-4H3,(H,15,16). The van der Waals surface area contributed by atoms with E-state index in [0.717, 1.165) is 31.2 Å². The SMILES string of the molecule is Cc1cn(C(C)C2CCCO2)c(NCC(C)C)n1. The van der Waals surface area contributed by atoms with Crippen molar-refractivity contribution in [2.45, 2.75) is 52.7 Å². The Morgan fingerprint density at radius 3 is 2.89 bits per heavy atom.